The molecule has 7 aromatic rings. The molecule has 1 amide bonds. The Morgan fingerprint density at radius 1 is 0.488 bits per heavy atom. The average molecular weight is 1110 g/mol. The predicted octanol–water partition coefficient (Wildman–Crippen LogP) is 15.4. The van der Waals surface area contributed by atoms with Gasteiger partial charge in [-0.3, -0.25) is 4.79 Å². The maximum atomic E-state index is 13.0. The number of nitrogens with two attached hydrogens (primary N) is 1. The van der Waals surface area contributed by atoms with Crippen LogP contribution in [0.4, 0.5) is 4.79 Å². The highest BCUT2D eigenvalue weighted by Gasteiger charge is 2.29. The molecule has 12 nitrogen and oxygen atoms in total. The molecule has 430 valence electrons. The normalized spacial score (nSPS) is 18.0. The number of carbonyl (C=O) groups excluding carboxylic acids is 3. The Morgan fingerprint density at radius 2 is 0.878 bits per heavy atom. The van der Waals surface area contributed by atoms with Crippen LogP contribution in [0.1, 0.15) is 159 Å². The SMILES string of the molecule is CCC1CCC(c2ccc(-c3cnc(-c4ccc(C[C@H](N)C(=O)OC(C)(C)C)cc4)nc3)cc2)CC1.CCC1CCC(c2ccc(-c3cnc(-c4ccc(C[C@H](NC(=O)OCc5ccccc5)C(=O)OC(C)(C)C)cc4)nc3)cc2)CC1. The van der Waals surface area contributed by atoms with Crippen molar-refractivity contribution in [3.8, 4) is 45.0 Å². The fourth-order valence-corrected chi connectivity index (χ4v) is 11.0. The van der Waals surface area contributed by atoms with E-state index in [1.54, 1.807) is 20.8 Å². The fourth-order valence-electron chi connectivity index (χ4n) is 11.0. The lowest BCUT2D eigenvalue weighted by Gasteiger charge is -2.28. The molecule has 3 N–H and O–H groups in total. The van der Waals surface area contributed by atoms with Gasteiger partial charge in [0.05, 0.1) is 0 Å². The Morgan fingerprint density at radius 3 is 1.28 bits per heavy atom. The van der Waals surface area contributed by atoms with Crippen LogP contribution in [-0.4, -0.2) is 61.3 Å². The number of rotatable bonds is 17. The maximum Gasteiger partial charge on any atom is 0.408 e. The zero-order valence-corrected chi connectivity index (χ0v) is 49.4. The number of aromatic nitrogens is 4. The number of benzene rings is 5. The summed E-state index contributed by atoms with van der Waals surface area (Å²) in [6, 6.07) is 41.1. The van der Waals surface area contributed by atoms with Crippen molar-refractivity contribution in [2.45, 2.75) is 174 Å². The quantitative estimate of drug-likeness (QED) is 0.0657. The molecule has 9 rings (SSSR count). The molecule has 0 radical (unpaired) electrons. The van der Waals surface area contributed by atoms with Crippen LogP contribution in [0, 0.1) is 11.8 Å². The second-order valence-corrected chi connectivity index (χ2v) is 24.3. The number of nitrogens with zero attached hydrogens (tertiary/aromatic N) is 4. The average Bonchev–Trinajstić information content (AvgIpc) is 3.50. The Bertz CT molecular complexity index is 3100. The van der Waals surface area contributed by atoms with Crippen molar-refractivity contribution >= 4 is 18.0 Å². The van der Waals surface area contributed by atoms with Gasteiger partial charge in [0.15, 0.2) is 11.6 Å². The minimum absolute atomic E-state index is 0.104. The highest BCUT2D eigenvalue weighted by molar-refractivity contribution is 5.82. The molecular formula is C70H84N6O6. The molecule has 2 aromatic heterocycles. The molecule has 0 bridgehead atoms. The lowest BCUT2D eigenvalue weighted by atomic mass is 9.78. The molecular weight excluding hydrogens is 1020 g/mol. The first-order valence-corrected chi connectivity index (χ1v) is 29.6. The zero-order chi connectivity index (χ0) is 58.2. The van der Waals surface area contributed by atoms with Crippen LogP contribution in [0.3, 0.4) is 0 Å². The standard InChI is InChI=1S/C39H45N3O4.C31H39N3O2/c1-5-27-11-15-30(16-12-27)31-19-21-32(22-20-31)34-24-40-36(41-25-34)33-17-13-28(14-18-33)23-35(37(43)46-39(2,3)4)42-38(44)45-26-29-9-7-6-8-10-29;1-5-21-6-10-23(11-7-21)24-14-16-25(17-15-24)27-19-33-29(34-20-27)26-12-8-22(9-13-26)18-28(32)30(35)36-31(2,3)4/h6-10,13-14,17-22,24-25,27,30,35H,5,11-12,15-16,23,26H2,1-4H3,(H,42,44);8-9,12-17,19-21,23,28H,5-7,10-11,18,32H2,1-4H3/t27?,30?,35-;21?,23?,28-/m00/s1. The van der Waals surface area contributed by atoms with E-state index in [0.717, 1.165) is 61.9 Å². The number of ether oxygens (including phenoxy) is 3. The van der Waals surface area contributed by atoms with Gasteiger partial charge < -0.3 is 25.3 Å². The first-order chi connectivity index (χ1) is 39.4. The van der Waals surface area contributed by atoms with E-state index in [9.17, 15) is 14.4 Å². The minimum atomic E-state index is -0.915. The number of hydrogen-bond donors (Lipinski definition) is 2. The predicted molar refractivity (Wildman–Crippen MR) is 326 cm³/mol. The van der Waals surface area contributed by atoms with Crippen molar-refractivity contribution in [2.75, 3.05) is 0 Å². The molecule has 2 aliphatic rings. The summed E-state index contributed by atoms with van der Waals surface area (Å²) in [4.78, 5) is 56.3. The number of hydrogen-bond acceptors (Lipinski definition) is 11. The zero-order valence-electron chi connectivity index (χ0n) is 49.4. The second-order valence-electron chi connectivity index (χ2n) is 24.3. The molecule has 2 heterocycles. The second kappa shape index (κ2) is 28.4. The number of amides is 1. The lowest BCUT2D eigenvalue weighted by molar-refractivity contribution is -0.158. The monoisotopic (exact) mass is 1100 g/mol. The Hall–Kier alpha value is -7.57. The summed E-state index contributed by atoms with van der Waals surface area (Å²) < 4.78 is 16.3. The van der Waals surface area contributed by atoms with Gasteiger partial charge in [-0.2, -0.15) is 0 Å². The van der Waals surface area contributed by atoms with Crippen molar-refractivity contribution in [3.63, 3.8) is 0 Å². The Labute approximate surface area is 486 Å². The van der Waals surface area contributed by atoms with Crippen LogP contribution in [0.2, 0.25) is 0 Å². The van der Waals surface area contributed by atoms with Crippen LogP contribution in [0.25, 0.3) is 45.0 Å². The molecule has 2 aliphatic carbocycles. The van der Waals surface area contributed by atoms with Crippen molar-refractivity contribution in [3.05, 3.63) is 180 Å². The van der Waals surface area contributed by atoms with Gasteiger partial charge in [0.1, 0.15) is 29.9 Å². The van der Waals surface area contributed by atoms with E-state index in [1.807, 2.05) is 124 Å². The largest absolute Gasteiger partial charge is 0.459 e. The van der Waals surface area contributed by atoms with Gasteiger partial charge in [-0.15, -0.1) is 0 Å². The Kier molecular flexibility index (Phi) is 21.0. The highest BCUT2D eigenvalue weighted by atomic mass is 16.6. The number of carbonyl (C=O) groups is 3. The smallest absolute Gasteiger partial charge is 0.408 e. The third-order valence-electron chi connectivity index (χ3n) is 15.8. The van der Waals surface area contributed by atoms with E-state index in [-0.39, 0.29) is 19.0 Å². The van der Waals surface area contributed by atoms with Crippen molar-refractivity contribution < 1.29 is 28.6 Å². The fraction of sp³-hybridized carbons (Fsp3) is 0.414. The molecule has 2 saturated carbocycles. The van der Waals surface area contributed by atoms with E-state index in [4.69, 9.17) is 19.9 Å². The summed E-state index contributed by atoms with van der Waals surface area (Å²) in [6.45, 7) is 15.6. The van der Waals surface area contributed by atoms with Gasteiger partial charge in [0.25, 0.3) is 0 Å². The van der Waals surface area contributed by atoms with Crippen LogP contribution in [-0.2, 0) is 43.2 Å². The van der Waals surface area contributed by atoms with Gasteiger partial charge in [0.2, 0.25) is 0 Å². The molecule has 0 aliphatic heterocycles. The van der Waals surface area contributed by atoms with Gasteiger partial charge >= 0.3 is 18.0 Å². The first kappa shape index (κ1) is 60.5. The maximum absolute atomic E-state index is 13.0. The summed E-state index contributed by atoms with van der Waals surface area (Å²) in [7, 11) is 0. The number of alkyl carbamates (subject to hydrolysis) is 1. The summed E-state index contributed by atoms with van der Waals surface area (Å²) >= 11 is 0. The molecule has 0 unspecified atom stereocenters. The summed E-state index contributed by atoms with van der Waals surface area (Å²) in [6.07, 6.45) is 20.7. The topological polar surface area (TPSA) is 169 Å². The van der Waals surface area contributed by atoms with E-state index in [1.165, 1.54) is 75.3 Å². The Balaban J connectivity index is 0.000000221. The van der Waals surface area contributed by atoms with E-state index in [0.29, 0.717) is 29.9 Å². The van der Waals surface area contributed by atoms with Crippen LogP contribution >= 0.6 is 0 Å². The highest BCUT2D eigenvalue weighted by Crippen LogP contribution is 2.39. The van der Waals surface area contributed by atoms with E-state index >= 15 is 0 Å². The number of esters is 2. The first-order valence-electron chi connectivity index (χ1n) is 29.6. The van der Waals surface area contributed by atoms with Crippen molar-refractivity contribution in [2.24, 2.45) is 17.6 Å². The summed E-state index contributed by atoms with van der Waals surface area (Å²) in [5.41, 5.74) is 16.4. The molecule has 5 aromatic carbocycles. The third kappa shape index (κ3) is 18.0. The minimum Gasteiger partial charge on any atom is -0.459 e. The molecule has 0 spiro atoms. The van der Waals surface area contributed by atoms with E-state index in [2.05, 4.69) is 87.6 Å². The van der Waals surface area contributed by atoms with E-state index < -0.39 is 35.3 Å². The number of nitrogens with one attached hydrogen (secondary N) is 1. The lowest BCUT2D eigenvalue weighted by Crippen LogP contribution is -2.45. The molecule has 2 atom stereocenters. The van der Waals surface area contributed by atoms with Crippen molar-refractivity contribution in [1.82, 2.24) is 25.3 Å². The van der Waals surface area contributed by atoms with Gasteiger partial charge in [-0.05, 0) is 162 Å². The molecule has 2 fully saturated rings. The molecule has 0 saturated heterocycles. The van der Waals surface area contributed by atoms with Crippen LogP contribution in [0.15, 0.2) is 152 Å². The van der Waals surface area contributed by atoms with Crippen molar-refractivity contribution in [1.29, 1.82) is 0 Å². The van der Waals surface area contributed by atoms with Gasteiger partial charge in [-0.1, -0.05) is 154 Å². The summed E-state index contributed by atoms with van der Waals surface area (Å²) in [5, 5.41) is 2.69. The van der Waals surface area contributed by atoms with Crippen LogP contribution in [0.5, 0.6) is 0 Å². The van der Waals surface area contributed by atoms with Gasteiger partial charge in [-0.25, -0.2) is 29.5 Å². The van der Waals surface area contributed by atoms with Gasteiger partial charge in [0, 0.05) is 53.5 Å². The molecule has 82 heavy (non-hydrogen) atoms. The van der Waals surface area contributed by atoms with Crippen LogP contribution < -0.4 is 11.1 Å². The third-order valence-corrected chi connectivity index (χ3v) is 15.8. The molecule has 12 heteroatoms. The summed E-state index contributed by atoms with van der Waals surface area (Å²) in [5.74, 6) is 3.56.